The van der Waals surface area contributed by atoms with Crippen LogP contribution in [0.3, 0.4) is 0 Å². The molecule has 0 atom stereocenters. The van der Waals surface area contributed by atoms with Gasteiger partial charge >= 0.3 is 0 Å². The van der Waals surface area contributed by atoms with Crippen LogP contribution in [0.2, 0.25) is 0 Å². The highest BCUT2D eigenvalue weighted by Gasteiger charge is 2.17. The molecule has 0 amide bonds. The van der Waals surface area contributed by atoms with Gasteiger partial charge in [0.15, 0.2) is 10.1 Å². The second-order valence-corrected chi connectivity index (χ2v) is 10.1. The van der Waals surface area contributed by atoms with E-state index >= 15 is 0 Å². The van der Waals surface area contributed by atoms with E-state index in [1.54, 1.807) is 11.3 Å². The minimum absolute atomic E-state index is 0.136. The fraction of sp³-hybridized carbons (Fsp3) is 0.476. The average molecular weight is 465 g/mol. The van der Waals surface area contributed by atoms with Gasteiger partial charge in [-0.05, 0) is 51.1 Å². The van der Waals surface area contributed by atoms with Crippen LogP contribution in [0, 0.1) is 13.8 Å². The maximum absolute atomic E-state index is 12.8. The molecule has 6 nitrogen and oxygen atoms in total. The molecule has 0 unspecified atom stereocenters. The van der Waals surface area contributed by atoms with E-state index in [4.69, 9.17) is 4.74 Å². The Kier molecular flexibility index (Phi) is 8.92. The van der Waals surface area contributed by atoms with Gasteiger partial charge in [0.1, 0.15) is 0 Å². The zero-order valence-corrected chi connectivity index (χ0v) is 20.1. The molecule has 30 heavy (non-hydrogen) atoms. The van der Waals surface area contributed by atoms with Crippen molar-refractivity contribution in [2.24, 2.45) is 0 Å². The highest BCUT2D eigenvalue weighted by atomic mass is 32.2. The Labute approximate surface area is 190 Å². The summed E-state index contributed by atoms with van der Waals surface area (Å²) < 4.78 is 8.37. The molecule has 0 spiro atoms. The number of ether oxygens (including phenoxy) is 1. The second kappa shape index (κ2) is 11.6. The van der Waals surface area contributed by atoms with Gasteiger partial charge < -0.3 is 14.6 Å². The van der Waals surface area contributed by atoms with Crippen molar-refractivity contribution in [1.29, 1.82) is 0 Å². The Bertz CT molecular complexity index is 934. The zero-order chi connectivity index (χ0) is 21.3. The van der Waals surface area contributed by atoms with Crippen LogP contribution < -0.4 is 5.32 Å². The van der Waals surface area contributed by atoms with E-state index in [9.17, 15) is 4.79 Å². The molecule has 0 bridgehead atoms. The number of carbonyl (C=O) groups is 1. The summed E-state index contributed by atoms with van der Waals surface area (Å²) in [5, 5.41) is 14.5. The van der Waals surface area contributed by atoms with Gasteiger partial charge in [0.2, 0.25) is 5.13 Å². The maximum atomic E-state index is 12.8. The SMILES string of the molecule is CCOCCCNc1nnc(SCC(=O)c2cc(C)n(CCc3cccs3)c2C)s1. The summed E-state index contributed by atoms with van der Waals surface area (Å²) in [5.41, 5.74) is 2.99. The number of Topliss-reactive ketones (excluding diaryl/α,β-unsaturated/α-hetero) is 1. The van der Waals surface area contributed by atoms with Crippen molar-refractivity contribution in [3.63, 3.8) is 0 Å². The molecular formula is C21H28N4O2S3. The summed E-state index contributed by atoms with van der Waals surface area (Å²) in [5.74, 6) is 0.505. The predicted octanol–water partition coefficient (Wildman–Crippen LogP) is 5.07. The van der Waals surface area contributed by atoms with E-state index in [0.29, 0.717) is 5.75 Å². The molecule has 3 rings (SSSR count). The minimum atomic E-state index is 0.136. The maximum Gasteiger partial charge on any atom is 0.206 e. The number of ketones is 1. The fourth-order valence-corrected chi connectivity index (χ4v) is 5.52. The summed E-state index contributed by atoms with van der Waals surface area (Å²) in [6.45, 7) is 9.28. The Balaban J connectivity index is 1.49. The number of rotatable bonds is 13. The van der Waals surface area contributed by atoms with Crippen LogP contribution in [-0.2, 0) is 17.7 Å². The third-order valence-electron chi connectivity index (χ3n) is 4.71. The van der Waals surface area contributed by atoms with Gasteiger partial charge in [-0.1, -0.05) is 29.2 Å². The van der Waals surface area contributed by atoms with E-state index < -0.39 is 0 Å². The first-order valence-corrected chi connectivity index (χ1v) is 12.8. The minimum Gasteiger partial charge on any atom is -0.382 e. The highest BCUT2D eigenvalue weighted by Crippen LogP contribution is 2.27. The van der Waals surface area contributed by atoms with E-state index in [1.165, 1.54) is 28.0 Å². The van der Waals surface area contributed by atoms with Gasteiger partial charge in [-0.2, -0.15) is 0 Å². The third kappa shape index (κ3) is 6.41. The lowest BCUT2D eigenvalue weighted by Gasteiger charge is -2.09. The Morgan fingerprint density at radius 1 is 1.33 bits per heavy atom. The average Bonchev–Trinajstić information content (AvgIpc) is 3.47. The highest BCUT2D eigenvalue weighted by molar-refractivity contribution is 8.01. The number of aryl methyl sites for hydroxylation is 2. The fourth-order valence-electron chi connectivity index (χ4n) is 3.16. The number of carbonyl (C=O) groups excluding carboxylic acids is 1. The Morgan fingerprint density at radius 2 is 2.20 bits per heavy atom. The largest absolute Gasteiger partial charge is 0.382 e. The van der Waals surface area contributed by atoms with Gasteiger partial charge in [-0.3, -0.25) is 4.79 Å². The van der Waals surface area contributed by atoms with Gasteiger partial charge in [0.25, 0.3) is 0 Å². The molecule has 0 saturated carbocycles. The number of nitrogens with zero attached hydrogens (tertiary/aromatic N) is 3. The van der Waals surface area contributed by atoms with Crippen molar-refractivity contribution < 1.29 is 9.53 Å². The topological polar surface area (TPSA) is 69.0 Å². The van der Waals surface area contributed by atoms with Crippen LogP contribution >= 0.6 is 34.4 Å². The van der Waals surface area contributed by atoms with Crippen molar-refractivity contribution >= 4 is 45.4 Å². The van der Waals surface area contributed by atoms with E-state index in [2.05, 4.69) is 44.5 Å². The predicted molar refractivity (Wildman–Crippen MR) is 126 cm³/mol. The Hall–Kier alpha value is -1.68. The molecule has 0 radical (unpaired) electrons. The number of thioether (sulfide) groups is 1. The Morgan fingerprint density at radius 3 is 2.97 bits per heavy atom. The van der Waals surface area contributed by atoms with Gasteiger partial charge in [0.05, 0.1) is 5.75 Å². The molecule has 9 heteroatoms. The third-order valence-corrected chi connectivity index (χ3v) is 7.67. The van der Waals surface area contributed by atoms with Gasteiger partial charge in [-0.25, -0.2) is 0 Å². The first kappa shape index (κ1) is 23.0. The number of anilines is 1. The van der Waals surface area contributed by atoms with Crippen molar-refractivity contribution in [3.8, 4) is 0 Å². The molecule has 0 aromatic carbocycles. The van der Waals surface area contributed by atoms with Crippen molar-refractivity contribution in [2.45, 2.75) is 44.5 Å². The van der Waals surface area contributed by atoms with Crippen LogP contribution in [0.25, 0.3) is 0 Å². The number of hydrogen-bond donors (Lipinski definition) is 1. The van der Waals surface area contributed by atoms with Gasteiger partial charge in [-0.15, -0.1) is 21.5 Å². The summed E-state index contributed by atoms with van der Waals surface area (Å²) in [6, 6.07) is 6.25. The smallest absolute Gasteiger partial charge is 0.206 e. The number of thiophene rings is 1. The molecule has 3 aromatic heterocycles. The molecule has 3 heterocycles. The lowest BCUT2D eigenvalue weighted by Crippen LogP contribution is -2.08. The molecule has 0 saturated heterocycles. The molecule has 3 aromatic rings. The van der Waals surface area contributed by atoms with Gasteiger partial charge in [0, 0.05) is 48.1 Å². The first-order valence-electron chi connectivity index (χ1n) is 10.1. The number of hydrogen-bond acceptors (Lipinski definition) is 8. The lowest BCUT2D eigenvalue weighted by atomic mass is 10.2. The molecule has 0 aliphatic heterocycles. The molecule has 1 N–H and O–H groups in total. The molecule has 0 aliphatic carbocycles. The first-order chi connectivity index (χ1) is 14.6. The van der Waals surface area contributed by atoms with Crippen LogP contribution in [0.1, 0.15) is 40.0 Å². The number of aromatic nitrogens is 3. The standard InChI is InChI=1S/C21H28N4O2S3/c1-4-27-11-6-9-22-20-23-24-21(30-20)29-14-19(26)18-13-15(2)25(16(18)3)10-8-17-7-5-12-28-17/h5,7,12-13H,4,6,8-11,14H2,1-3H3,(H,22,23). The van der Waals surface area contributed by atoms with Crippen molar-refractivity contribution in [2.75, 3.05) is 30.8 Å². The second-order valence-electron chi connectivity index (χ2n) is 6.83. The van der Waals surface area contributed by atoms with Crippen molar-refractivity contribution in [1.82, 2.24) is 14.8 Å². The molecular weight excluding hydrogens is 436 g/mol. The molecule has 162 valence electrons. The summed E-state index contributed by atoms with van der Waals surface area (Å²) >= 11 is 4.71. The summed E-state index contributed by atoms with van der Waals surface area (Å²) in [7, 11) is 0. The van der Waals surface area contributed by atoms with E-state index in [1.807, 2.05) is 19.9 Å². The molecule has 0 aliphatic rings. The van der Waals surface area contributed by atoms with Crippen LogP contribution in [-0.4, -0.2) is 46.1 Å². The van der Waals surface area contributed by atoms with Crippen LogP contribution in [0.15, 0.2) is 27.9 Å². The zero-order valence-electron chi connectivity index (χ0n) is 17.6. The van der Waals surface area contributed by atoms with Crippen LogP contribution in [0.4, 0.5) is 5.13 Å². The number of nitrogens with one attached hydrogen (secondary N) is 1. The van der Waals surface area contributed by atoms with E-state index in [0.717, 1.165) is 65.6 Å². The van der Waals surface area contributed by atoms with Crippen LogP contribution in [0.5, 0.6) is 0 Å². The van der Waals surface area contributed by atoms with Crippen molar-refractivity contribution in [3.05, 3.63) is 45.4 Å². The molecule has 0 fully saturated rings. The monoisotopic (exact) mass is 464 g/mol. The lowest BCUT2D eigenvalue weighted by molar-refractivity contribution is 0.102. The normalized spacial score (nSPS) is 11.2. The summed E-state index contributed by atoms with van der Waals surface area (Å²) in [6.07, 6.45) is 1.91. The quantitative estimate of drug-likeness (QED) is 0.216. The van der Waals surface area contributed by atoms with E-state index in [-0.39, 0.29) is 5.78 Å². The summed E-state index contributed by atoms with van der Waals surface area (Å²) in [4.78, 5) is 14.2.